The third kappa shape index (κ3) is 2.79. The number of quaternary nitrogens is 1. The molecule has 0 saturated heterocycles. The summed E-state index contributed by atoms with van der Waals surface area (Å²) in [6.07, 6.45) is 0.721. The summed E-state index contributed by atoms with van der Waals surface area (Å²) in [6.45, 7) is 5.26. The second kappa shape index (κ2) is 5.30. The highest BCUT2D eigenvalue weighted by Gasteiger charge is 2.26. The number of carboxylic acids is 1. The van der Waals surface area contributed by atoms with Gasteiger partial charge in [-0.2, -0.15) is 0 Å². The molecule has 1 unspecified atom stereocenters. The SMILES string of the molecule is CC(C)C(=O)Nc1sc2c(c1C(=O)[O-])CC[NH+](C)C2. The zero-order valence-corrected chi connectivity index (χ0v) is 12.1. The lowest BCUT2D eigenvalue weighted by molar-refractivity contribution is -0.895. The number of carbonyl (C=O) groups excluding carboxylic acids is 2. The molecule has 0 aliphatic carbocycles. The minimum atomic E-state index is -1.20. The second-order valence-electron chi connectivity index (χ2n) is 5.27. The highest BCUT2D eigenvalue weighted by atomic mass is 32.1. The van der Waals surface area contributed by atoms with Gasteiger partial charge in [0.2, 0.25) is 5.91 Å². The lowest BCUT2D eigenvalue weighted by Gasteiger charge is -2.20. The van der Waals surface area contributed by atoms with Crippen LogP contribution in [0.2, 0.25) is 0 Å². The van der Waals surface area contributed by atoms with Gasteiger partial charge >= 0.3 is 0 Å². The number of likely N-dealkylation sites (N-methyl/N-ethyl adjacent to an activating group) is 1. The van der Waals surface area contributed by atoms with Crippen molar-refractivity contribution < 1.29 is 19.6 Å². The molecule has 1 amide bonds. The maximum Gasteiger partial charge on any atom is 0.227 e. The first kappa shape index (κ1) is 14.0. The molecular formula is C13H18N2O3S. The Morgan fingerprint density at radius 3 is 2.68 bits per heavy atom. The molecule has 0 radical (unpaired) electrons. The molecule has 1 aliphatic rings. The molecule has 1 aromatic heterocycles. The molecule has 0 fully saturated rings. The molecule has 2 heterocycles. The Morgan fingerprint density at radius 1 is 1.42 bits per heavy atom. The Balaban J connectivity index is 2.38. The number of fused-ring (bicyclic) bond motifs is 1. The van der Waals surface area contributed by atoms with Gasteiger partial charge in [-0.15, -0.1) is 11.3 Å². The van der Waals surface area contributed by atoms with Gasteiger partial charge in [-0.3, -0.25) is 4.79 Å². The molecule has 0 bridgehead atoms. The highest BCUT2D eigenvalue weighted by Crippen LogP contribution is 2.34. The Morgan fingerprint density at radius 2 is 2.11 bits per heavy atom. The van der Waals surface area contributed by atoms with Crippen LogP contribution < -0.4 is 15.3 Å². The van der Waals surface area contributed by atoms with Crippen molar-refractivity contribution in [3.8, 4) is 0 Å². The molecule has 0 aromatic carbocycles. The normalized spacial score (nSPS) is 18.2. The lowest BCUT2D eigenvalue weighted by Crippen LogP contribution is -3.08. The van der Waals surface area contributed by atoms with Gasteiger partial charge in [0, 0.05) is 17.9 Å². The second-order valence-corrected chi connectivity index (χ2v) is 6.38. The van der Waals surface area contributed by atoms with Crippen molar-refractivity contribution in [1.82, 2.24) is 0 Å². The van der Waals surface area contributed by atoms with Gasteiger partial charge in [0.25, 0.3) is 0 Å². The number of thiophene rings is 1. The van der Waals surface area contributed by atoms with Crippen molar-refractivity contribution in [1.29, 1.82) is 0 Å². The van der Waals surface area contributed by atoms with E-state index in [4.69, 9.17) is 0 Å². The van der Waals surface area contributed by atoms with Crippen molar-refractivity contribution in [3.05, 3.63) is 16.0 Å². The molecule has 1 aliphatic heterocycles. The summed E-state index contributed by atoms with van der Waals surface area (Å²) in [6, 6.07) is 0. The molecule has 1 atom stereocenters. The van der Waals surface area contributed by atoms with Crippen LogP contribution in [0.25, 0.3) is 0 Å². The van der Waals surface area contributed by atoms with Gasteiger partial charge < -0.3 is 20.1 Å². The molecular weight excluding hydrogens is 264 g/mol. The Hall–Kier alpha value is -1.40. The van der Waals surface area contributed by atoms with Crippen LogP contribution >= 0.6 is 11.3 Å². The van der Waals surface area contributed by atoms with Crippen LogP contribution in [0.4, 0.5) is 5.00 Å². The number of rotatable bonds is 3. The number of nitrogens with one attached hydrogen (secondary N) is 2. The Labute approximate surface area is 116 Å². The smallest absolute Gasteiger partial charge is 0.227 e. The van der Waals surface area contributed by atoms with E-state index in [0.717, 1.165) is 30.0 Å². The molecule has 6 heteroatoms. The van der Waals surface area contributed by atoms with E-state index in [1.807, 2.05) is 0 Å². The first-order chi connectivity index (χ1) is 8.90. The Kier molecular flexibility index (Phi) is 3.91. The van der Waals surface area contributed by atoms with Crippen molar-refractivity contribution in [2.75, 3.05) is 18.9 Å². The first-order valence-corrected chi connectivity index (χ1v) is 7.19. The number of aromatic carboxylic acids is 1. The van der Waals surface area contributed by atoms with Gasteiger partial charge in [-0.25, -0.2) is 0 Å². The summed E-state index contributed by atoms with van der Waals surface area (Å²) < 4.78 is 0. The molecule has 104 valence electrons. The number of anilines is 1. The summed E-state index contributed by atoms with van der Waals surface area (Å²) in [7, 11) is 2.08. The van der Waals surface area contributed by atoms with E-state index in [1.54, 1.807) is 13.8 Å². The minimum absolute atomic E-state index is 0.165. The van der Waals surface area contributed by atoms with Crippen LogP contribution in [0.3, 0.4) is 0 Å². The molecule has 1 aromatic rings. The van der Waals surface area contributed by atoms with Gasteiger partial charge in [-0.05, 0) is 5.56 Å². The quantitative estimate of drug-likeness (QED) is 0.768. The summed E-state index contributed by atoms with van der Waals surface area (Å²) in [5.74, 6) is -1.54. The molecule has 0 spiro atoms. The van der Waals surface area contributed by atoms with Crippen LogP contribution in [-0.2, 0) is 17.8 Å². The monoisotopic (exact) mass is 282 g/mol. The first-order valence-electron chi connectivity index (χ1n) is 6.38. The van der Waals surface area contributed by atoms with E-state index in [1.165, 1.54) is 16.2 Å². The third-order valence-electron chi connectivity index (χ3n) is 3.32. The average molecular weight is 282 g/mol. The van der Waals surface area contributed by atoms with E-state index in [0.29, 0.717) is 5.00 Å². The number of carbonyl (C=O) groups is 2. The fourth-order valence-corrected chi connectivity index (χ4v) is 3.53. The minimum Gasteiger partial charge on any atom is -0.545 e. The molecule has 5 nitrogen and oxygen atoms in total. The predicted molar refractivity (Wildman–Crippen MR) is 71.3 cm³/mol. The summed E-state index contributed by atoms with van der Waals surface area (Å²) in [4.78, 5) is 25.5. The van der Waals surface area contributed by atoms with Crippen LogP contribution in [0.1, 0.15) is 34.6 Å². The van der Waals surface area contributed by atoms with Crippen LogP contribution in [0.15, 0.2) is 0 Å². The maximum absolute atomic E-state index is 11.7. The van der Waals surface area contributed by atoms with E-state index in [9.17, 15) is 14.7 Å². The number of carboxylic acid groups (broad SMARTS) is 1. The summed E-state index contributed by atoms with van der Waals surface area (Å²) in [5, 5.41) is 14.5. The van der Waals surface area contributed by atoms with Crippen LogP contribution in [0.5, 0.6) is 0 Å². The average Bonchev–Trinajstić information content (AvgIpc) is 2.65. The Bertz CT molecular complexity index is 522. The van der Waals surface area contributed by atoms with Crippen molar-refractivity contribution in [3.63, 3.8) is 0 Å². The summed E-state index contributed by atoms with van der Waals surface area (Å²) >= 11 is 1.37. The van der Waals surface area contributed by atoms with E-state index in [2.05, 4.69) is 12.4 Å². The molecule has 19 heavy (non-hydrogen) atoms. The van der Waals surface area contributed by atoms with Gasteiger partial charge in [0.1, 0.15) is 11.5 Å². The number of amides is 1. The summed E-state index contributed by atoms with van der Waals surface area (Å²) in [5.41, 5.74) is 1.02. The fourth-order valence-electron chi connectivity index (χ4n) is 2.18. The highest BCUT2D eigenvalue weighted by molar-refractivity contribution is 7.16. The van der Waals surface area contributed by atoms with Crippen molar-refractivity contribution in [2.24, 2.45) is 5.92 Å². The van der Waals surface area contributed by atoms with E-state index < -0.39 is 5.97 Å². The van der Waals surface area contributed by atoms with E-state index >= 15 is 0 Å². The fraction of sp³-hybridized carbons (Fsp3) is 0.538. The zero-order chi connectivity index (χ0) is 14.2. The van der Waals surface area contributed by atoms with Crippen LogP contribution in [0, 0.1) is 5.92 Å². The predicted octanol–water partition coefficient (Wildman–Crippen LogP) is -0.723. The number of hydrogen-bond donors (Lipinski definition) is 2. The van der Waals surface area contributed by atoms with E-state index in [-0.39, 0.29) is 17.4 Å². The molecule has 2 rings (SSSR count). The van der Waals surface area contributed by atoms with Crippen molar-refractivity contribution >= 4 is 28.2 Å². The van der Waals surface area contributed by atoms with Crippen LogP contribution in [-0.4, -0.2) is 25.5 Å². The van der Waals surface area contributed by atoms with Gasteiger partial charge in [0.15, 0.2) is 0 Å². The topological polar surface area (TPSA) is 73.7 Å². The van der Waals surface area contributed by atoms with Gasteiger partial charge in [0.05, 0.1) is 24.4 Å². The molecule has 0 saturated carbocycles. The standard InChI is InChI=1S/C13H18N2O3S/c1-7(2)11(16)14-12-10(13(17)18)8-4-5-15(3)6-9(8)19-12/h7H,4-6H2,1-3H3,(H,14,16)(H,17,18). The third-order valence-corrected chi connectivity index (χ3v) is 4.47. The maximum atomic E-state index is 11.7. The zero-order valence-electron chi connectivity index (χ0n) is 11.3. The van der Waals surface area contributed by atoms with Gasteiger partial charge in [-0.1, -0.05) is 13.8 Å². The molecule has 2 N–H and O–H groups in total. The lowest BCUT2D eigenvalue weighted by atomic mass is 10.0. The largest absolute Gasteiger partial charge is 0.545 e. The van der Waals surface area contributed by atoms with Crippen molar-refractivity contribution in [2.45, 2.75) is 26.8 Å². The number of hydrogen-bond acceptors (Lipinski definition) is 4.